The molecule has 0 heterocycles. The van der Waals surface area contributed by atoms with Crippen molar-refractivity contribution in [1.29, 1.82) is 0 Å². The van der Waals surface area contributed by atoms with Crippen LogP contribution in [0.5, 0.6) is 0 Å². The van der Waals surface area contributed by atoms with Gasteiger partial charge in [0.25, 0.3) is 0 Å². The van der Waals surface area contributed by atoms with Crippen LogP contribution in [0, 0.1) is 0 Å². The molecule has 19 heavy (non-hydrogen) atoms. The molecule has 0 unspecified atom stereocenters. The standard InChI is InChI=1S/C16H24N2O/c1-16(2,3)18-15(19)8-9-17-14-10-12-6-4-5-7-13(12)11-14/h4-7,14,17H,8-11H2,1-3H3,(H,18,19). The van der Waals surface area contributed by atoms with Crippen molar-refractivity contribution in [2.75, 3.05) is 6.54 Å². The van der Waals surface area contributed by atoms with E-state index in [9.17, 15) is 4.79 Å². The van der Waals surface area contributed by atoms with Crippen LogP contribution in [0.1, 0.15) is 38.3 Å². The molecule has 3 nitrogen and oxygen atoms in total. The Morgan fingerprint density at radius 3 is 2.32 bits per heavy atom. The van der Waals surface area contributed by atoms with E-state index in [1.807, 2.05) is 20.8 Å². The van der Waals surface area contributed by atoms with Crippen molar-refractivity contribution in [3.8, 4) is 0 Å². The summed E-state index contributed by atoms with van der Waals surface area (Å²) in [5, 5.41) is 6.47. The number of carbonyl (C=O) groups excluding carboxylic acids is 1. The van der Waals surface area contributed by atoms with Crippen LogP contribution in [0.25, 0.3) is 0 Å². The minimum absolute atomic E-state index is 0.121. The summed E-state index contributed by atoms with van der Waals surface area (Å²) in [6, 6.07) is 9.07. The van der Waals surface area contributed by atoms with E-state index in [4.69, 9.17) is 0 Å². The van der Waals surface area contributed by atoms with Crippen LogP contribution in [0.3, 0.4) is 0 Å². The molecule has 1 aromatic rings. The van der Waals surface area contributed by atoms with Gasteiger partial charge in [-0.1, -0.05) is 24.3 Å². The number of carbonyl (C=O) groups is 1. The summed E-state index contributed by atoms with van der Waals surface area (Å²) in [4.78, 5) is 11.7. The van der Waals surface area contributed by atoms with Gasteiger partial charge in [-0.2, -0.15) is 0 Å². The number of amides is 1. The van der Waals surface area contributed by atoms with Gasteiger partial charge in [0, 0.05) is 24.5 Å². The molecule has 0 aliphatic heterocycles. The van der Waals surface area contributed by atoms with Gasteiger partial charge in [0.05, 0.1) is 0 Å². The predicted octanol–water partition coefficient (Wildman–Crippen LogP) is 2.05. The van der Waals surface area contributed by atoms with Crippen LogP contribution in [0.2, 0.25) is 0 Å². The van der Waals surface area contributed by atoms with Crippen LogP contribution < -0.4 is 10.6 Å². The first-order valence-corrected chi connectivity index (χ1v) is 7.05. The number of nitrogens with one attached hydrogen (secondary N) is 2. The molecule has 0 radical (unpaired) electrons. The lowest BCUT2D eigenvalue weighted by Gasteiger charge is -2.21. The Kier molecular flexibility index (Phi) is 4.25. The summed E-state index contributed by atoms with van der Waals surface area (Å²) >= 11 is 0. The monoisotopic (exact) mass is 260 g/mol. The molecule has 0 bridgehead atoms. The van der Waals surface area contributed by atoms with Gasteiger partial charge in [0.2, 0.25) is 5.91 Å². The van der Waals surface area contributed by atoms with E-state index in [1.165, 1.54) is 11.1 Å². The maximum Gasteiger partial charge on any atom is 0.221 e. The second-order valence-corrected chi connectivity index (χ2v) is 6.38. The lowest BCUT2D eigenvalue weighted by Crippen LogP contribution is -2.42. The van der Waals surface area contributed by atoms with Crippen LogP contribution in [0.15, 0.2) is 24.3 Å². The van der Waals surface area contributed by atoms with Crippen molar-refractivity contribution >= 4 is 5.91 Å². The molecule has 2 N–H and O–H groups in total. The van der Waals surface area contributed by atoms with Gasteiger partial charge in [-0.3, -0.25) is 4.79 Å². The molecular formula is C16H24N2O. The topological polar surface area (TPSA) is 41.1 Å². The second kappa shape index (κ2) is 5.74. The largest absolute Gasteiger partial charge is 0.351 e. The molecule has 1 aromatic carbocycles. The van der Waals surface area contributed by atoms with Gasteiger partial charge in [0.15, 0.2) is 0 Å². The number of rotatable bonds is 4. The molecule has 1 aliphatic carbocycles. The van der Waals surface area contributed by atoms with Gasteiger partial charge in [0.1, 0.15) is 0 Å². The van der Waals surface area contributed by atoms with Crippen molar-refractivity contribution in [3.05, 3.63) is 35.4 Å². The highest BCUT2D eigenvalue weighted by Crippen LogP contribution is 2.21. The molecule has 0 saturated heterocycles. The van der Waals surface area contributed by atoms with Crippen LogP contribution in [0.4, 0.5) is 0 Å². The summed E-state index contributed by atoms with van der Waals surface area (Å²) in [5.74, 6) is 0.121. The van der Waals surface area contributed by atoms with E-state index >= 15 is 0 Å². The first-order chi connectivity index (χ1) is 8.94. The Hall–Kier alpha value is -1.35. The summed E-state index contributed by atoms with van der Waals surface area (Å²) < 4.78 is 0. The van der Waals surface area contributed by atoms with Gasteiger partial charge in [-0.05, 0) is 44.7 Å². The fraction of sp³-hybridized carbons (Fsp3) is 0.562. The lowest BCUT2D eigenvalue weighted by atomic mass is 10.1. The van der Waals surface area contributed by atoms with E-state index in [0.717, 1.165) is 19.4 Å². The summed E-state index contributed by atoms with van der Waals surface area (Å²) in [7, 11) is 0. The molecule has 0 spiro atoms. The summed E-state index contributed by atoms with van der Waals surface area (Å²) in [6.45, 7) is 6.77. The molecule has 1 aliphatic rings. The fourth-order valence-corrected chi connectivity index (χ4v) is 2.57. The zero-order chi connectivity index (χ0) is 13.9. The summed E-state index contributed by atoms with van der Waals surface area (Å²) in [6.07, 6.45) is 2.71. The molecule has 0 atom stereocenters. The molecule has 104 valence electrons. The number of benzene rings is 1. The average molecular weight is 260 g/mol. The Bertz CT molecular complexity index is 423. The van der Waals surface area contributed by atoms with Crippen LogP contribution in [-0.2, 0) is 17.6 Å². The van der Waals surface area contributed by atoms with E-state index in [0.29, 0.717) is 12.5 Å². The van der Waals surface area contributed by atoms with Crippen LogP contribution in [-0.4, -0.2) is 24.0 Å². The van der Waals surface area contributed by atoms with Gasteiger partial charge in [-0.25, -0.2) is 0 Å². The second-order valence-electron chi connectivity index (χ2n) is 6.38. The van der Waals surface area contributed by atoms with Crippen molar-refractivity contribution in [2.24, 2.45) is 0 Å². The highest BCUT2D eigenvalue weighted by Gasteiger charge is 2.20. The third kappa shape index (κ3) is 4.35. The first kappa shape index (κ1) is 14.1. The fourth-order valence-electron chi connectivity index (χ4n) is 2.57. The van der Waals surface area contributed by atoms with E-state index in [1.54, 1.807) is 0 Å². The predicted molar refractivity (Wildman–Crippen MR) is 78.2 cm³/mol. The smallest absolute Gasteiger partial charge is 0.221 e. The molecule has 0 saturated carbocycles. The van der Waals surface area contributed by atoms with Gasteiger partial charge in [-0.15, -0.1) is 0 Å². The highest BCUT2D eigenvalue weighted by molar-refractivity contribution is 5.76. The van der Waals surface area contributed by atoms with Crippen molar-refractivity contribution in [3.63, 3.8) is 0 Å². The normalized spacial score (nSPS) is 15.3. The molecule has 3 heteroatoms. The summed E-state index contributed by atoms with van der Waals surface area (Å²) in [5.41, 5.74) is 2.75. The average Bonchev–Trinajstić information content (AvgIpc) is 2.68. The Morgan fingerprint density at radius 1 is 1.21 bits per heavy atom. The van der Waals surface area contributed by atoms with E-state index < -0.39 is 0 Å². The van der Waals surface area contributed by atoms with Crippen molar-refractivity contribution in [1.82, 2.24) is 10.6 Å². The molecule has 0 aromatic heterocycles. The molecule has 1 amide bonds. The lowest BCUT2D eigenvalue weighted by molar-refractivity contribution is -0.122. The third-order valence-electron chi connectivity index (χ3n) is 3.35. The van der Waals surface area contributed by atoms with Gasteiger partial charge < -0.3 is 10.6 Å². The minimum Gasteiger partial charge on any atom is -0.351 e. The zero-order valence-corrected chi connectivity index (χ0v) is 12.1. The van der Waals surface area contributed by atoms with Gasteiger partial charge >= 0.3 is 0 Å². The van der Waals surface area contributed by atoms with Crippen LogP contribution >= 0.6 is 0 Å². The minimum atomic E-state index is -0.138. The maximum absolute atomic E-state index is 11.7. The molecule has 2 rings (SSSR count). The Balaban J connectivity index is 1.70. The van der Waals surface area contributed by atoms with E-state index in [-0.39, 0.29) is 11.4 Å². The maximum atomic E-state index is 11.7. The SMILES string of the molecule is CC(C)(C)NC(=O)CCNC1Cc2ccccc2C1. The quantitative estimate of drug-likeness (QED) is 0.870. The highest BCUT2D eigenvalue weighted by atomic mass is 16.1. The van der Waals surface area contributed by atoms with E-state index in [2.05, 4.69) is 34.9 Å². The number of hydrogen-bond acceptors (Lipinski definition) is 2. The molecular weight excluding hydrogens is 236 g/mol. The van der Waals surface area contributed by atoms with Crippen molar-refractivity contribution < 1.29 is 4.79 Å². The van der Waals surface area contributed by atoms with Crippen molar-refractivity contribution in [2.45, 2.75) is 51.6 Å². The zero-order valence-electron chi connectivity index (χ0n) is 12.1. The number of hydrogen-bond donors (Lipinski definition) is 2. The Labute approximate surface area is 115 Å². The number of fused-ring (bicyclic) bond motifs is 1. The first-order valence-electron chi connectivity index (χ1n) is 7.05. The third-order valence-corrected chi connectivity index (χ3v) is 3.35. The molecule has 0 fully saturated rings. The Morgan fingerprint density at radius 2 is 1.79 bits per heavy atom.